The van der Waals surface area contributed by atoms with Gasteiger partial charge in [-0.05, 0) is 37.5 Å². The Bertz CT molecular complexity index is 534. The van der Waals surface area contributed by atoms with Crippen LogP contribution in [-0.4, -0.2) is 19.0 Å². The summed E-state index contributed by atoms with van der Waals surface area (Å²) < 4.78 is 5.29. The van der Waals surface area contributed by atoms with Crippen molar-refractivity contribution < 1.29 is 4.42 Å². The summed E-state index contributed by atoms with van der Waals surface area (Å²) in [6, 6.07) is 14.7. The van der Waals surface area contributed by atoms with E-state index in [1.807, 2.05) is 18.2 Å². The van der Waals surface area contributed by atoms with Crippen LogP contribution in [0.15, 0.2) is 58.1 Å². The Morgan fingerprint density at radius 3 is 2.67 bits per heavy atom. The zero-order valence-corrected chi connectivity index (χ0v) is 12.7. The first-order chi connectivity index (χ1) is 10.3. The van der Waals surface area contributed by atoms with Gasteiger partial charge in [0.05, 0.1) is 12.8 Å². The molecule has 0 saturated heterocycles. The lowest BCUT2D eigenvalue weighted by atomic mass is 10.1. The van der Waals surface area contributed by atoms with Crippen LogP contribution in [0.4, 0.5) is 0 Å². The Hall–Kier alpha value is -2.23. The Labute approximate surface area is 126 Å². The van der Waals surface area contributed by atoms with Crippen LogP contribution < -0.4 is 10.6 Å². The second-order valence-corrected chi connectivity index (χ2v) is 5.07. The molecule has 2 aromatic rings. The van der Waals surface area contributed by atoms with Crippen molar-refractivity contribution in [1.29, 1.82) is 0 Å². The van der Waals surface area contributed by atoms with Gasteiger partial charge in [0.2, 0.25) is 0 Å². The number of guanidine groups is 1. The zero-order chi connectivity index (χ0) is 14.9. The van der Waals surface area contributed by atoms with Gasteiger partial charge in [-0.2, -0.15) is 0 Å². The van der Waals surface area contributed by atoms with Crippen molar-refractivity contribution in [2.45, 2.75) is 32.4 Å². The first kappa shape index (κ1) is 15.2. The molecule has 112 valence electrons. The lowest BCUT2D eigenvalue weighted by Crippen LogP contribution is -2.42. The van der Waals surface area contributed by atoms with Gasteiger partial charge in [0.15, 0.2) is 5.96 Å². The van der Waals surface area contributed by atoms with Gasteiger partial charge in [-0.1, -0.05) is 30.3 Å². The molecule has 0 radical (unpaired) electrons. The lowest BCUT2D eigenvalue weighted by Gasteiger charge is -2.17. The molecule has 1 unspecified atom stereocenters. The average molecular weight is 285 g/mol. The molecule has 0 saturated carbocycles. The molecule has 2 N–H and O–H groups in total. The fourth-order valence-corrected chi connectivity index (χ4v) is 2.11. The summed E-state index contributed by atoms with van der Waals surface area (Å²) in [5.41, 5.74) is 1.37. The summed E-state index contributed by atoms with van der Waals surface area (Å²) in [7, 11) is 1.78. The molecule has 0 aliphatic heterocycles. The van der Waals surface area contributed by atoms with Gasteiger partial charge in [0.25, 0.3) is 0 Å². The van der Waals surface area contributed by atoms with E-state index in [4.69, 9.17) is 4.42 Å². The van der Waals surface area contributed by atoms with Crippen LogP contribution in [-0.2, 0) is 13.0 Å². The minimum absolute atomic E-state index is 0.355. The molecule has 0 bridgehead atoms. The van der Waals surface area contributed by atoms with E-state index in [2.05, 4.69) is 46.8 Å². The maximum Gasteiger partial charge on any atom is 0.191 e. The Morgan fingerprint density at radius 1 is 1.19 bits per heavy atom. The molecule has 0 aliphatic rings. The first-order valence-corrected chi connectivity index (χ1v) is 7.31. The minimum atomic E-state index is 0.355. The van der Waals surface area contributed by atoms with Crippen molar-refractivity contribution >= 4 is 5.96 Å². The molecular formula is C17H23N3O. The van der Waals surface area contributed by atoms with Gasteiger partial charge in [-0.15, -0.1) is 0 Å². The standard InChI is InChI=1S/C17H23N3O/c1-14(10-11-15-7-4-3-5-8-15)20-17(18-2)19-13-16-9-6-12-21-16/h3-9,12,14H,10-11,13H2,1-2H3,(H2,18,19,20). The smallest absolute Gasteiger partial charge is 0.191 e. The van der Waals surface area contributed by atoms with Crippen LogP contribution >= 0.6 is 0 Å². The van der Waals surface area contributed by atoms with Gasteiger partial charge < -0.3 is 15.1 Å². The van der Waals surface area contributed by atoms with Gasteiger partial charge in [-0.3, -0.25) is 4.99 Å². The van der Waals surface area contributed by atoms with E-state index in [-0.39, 0.29) is 0 Å². The van der Waals surface area contributed by atoms with Crippen molar-refractivity contribution in [2.75, 3.05) is 7.05 Å². The molecule has 1 aromatic heterocycles. The van der Waals surface area contributed by atoms with Gasteiger partial charge in [0, 0.05) is 13.1 Å². The Kier molecular flexibility index (Phi) is 5.88. The van der Waals surface area contributed by atoms with E-state index >= 15 is 0 Å². The fraction of sp³-hybridized carbons (Fsp3) is 0.353. The fourth-order valence-electron chi connectivity index (χ4n) is 2.11. The zero-order valence-electron chi connectivity index (χ0n) is 12.7. The van der Waals surface area contributed by atoms with E-state index in [9.17, 15) is 0 Å². The number of nitrogens with one attached hydrogen (secondary N) is 2. The lowest BCUT2D eigenvalue weighted by molar-refractivity contribution is 0.499. The normalized spacial score (nSPS) is 13.0. The predicted octanol–water partition coefficient (Wildman–Crippen LogP) is 2.97. The van der Waals surface area contributed by atoms with E-state index in [1.165, 1.54) is 5.56 Å². The van der Waals surface area contributed by atoms with Crippen LogP contribution in [0, 0.1) is 0 Å². The molecule has 2 rings (SSSR count). The quantitative estimate of drug-likeness (QED) is 0.633. The summed E-state index contributed by atoms with van der Waals surface area (Å²) >= 11 is 0. The first-order valence-electron chi connectivity index (χ1n) is 7.31. The highest BCUT2D eigenvalue weighted by molar-refractivity contribution is 5.79. The Balaban J connectivity index is 1.73. The number of benzene rings is 1. The molecule has 0 spiro atoms. The Morgan fingerprint density at radius 2 is 2.00 bits per heavy atom. The number of furan rings is 1. The molecule has 1 aromatic carbocycles. The molecule has 1 atom stereocenters. The third-order valence-electron chi connectivity index (χ3n) is 3.33. The molecule has 0 amide bonds. The number of aryl methyl sites for hydroxylation is 1. The highest BCUT2D eigenvalue weighted by atomic mass is 16.3. The highest BCUT2D eigenvalue weighted by Gasteiger charge is 2.06. The molecule has 4 heteroatoms. The second kappa shape index (κ2) is 8.15. The van der Waals surface area contributed by atoms with Crippen LogP contribution in [0.2, 0.25) is 0 Å². The SMILES string of the molecule is CN=C(NCc1ccco1)NC(C)CCc1ccccc1. The minimum Gasteiger partial charge on any atom is -0.467 e. The number of rotatable bonds is 6. The molecule has 1 heterocycles. The summed E-state index contributed by atoms with van der Waals surface area (Å²) in [4.78, 5) is 4.24. The van der Waals surface area contributed by atoms with Crippen molar-refractivity contribution in [3.8, 4) is 0 Å². The van der Waals surface area contributed by atoms with Crippen LogP contribution in [0.5, 0.6) is 0 Å². The predicted molar refractivity (Wildman–Crippen MR) is 86.3 cm³/mol. The van der Waals surface area contributed by atoms with Crippen molar-refractivity contribution in [1.82, 2.24) is 10.6 Å². The van der Waals surface area contributed by atoms with Crippen molar-refractivity contribution in [3.63, 3.8) is 0 Å². The third kappa shape index (κ3) is 5.34. The summed E-state index contributed by atoms with van der Waals surface area (Å²) in [6.07, 6.45) is 3.80. The largest absolute Gasteiger partial charge is 0.467 e. The van der Waals surface area contributed by atoms with Crippen LogP contribution in [0.3, 0.4) is 0 Å². The number of nitrogens with zero attached hydrogens (tertiary/aromatic N) is 1. The monoisotopic (exact) mass is 285 g/mol. The van der Waals surface area contributed by atoms with Crippen LogP contribution in [0.25, 0.3) is 0 Å². The van der Waals surface area contributed by atoms with E-state index < -0.39 is 0 Å². The highest BCUT2D eigenvalue weighted by Crippen LogP contribution is 2.05. The maximum atomic E-state index is 5.29. The van der Waals surface area contributed by atoms with E-state index in [0.717, 1.165) is 24.6 Å². The van der Waals surface area contributed by atoms with Crippen LogP contribution in [0.1, 0.15) is 24.7 Å². The maximum absolute atomic E-state index is 5.29. The molecule has 4 nitrogen and oxygen atoms in total. The van der Waals surface area contributed by atoms with Gasteiger partial charge in [0.1, 0.15) is 5.76 Å². The summed E-state index contributed by atoms with van der Waals surface area (Å²) in [5, 5.41) is 6.64. The topological polar surface area (TPSA) is 49.6 Å². The van der Waals surface area contributed by atoms with E-state index in [1.54, 1.807) is 13.3 Å². The number of hydrogen-bond acceptors (Lipinski definition) is 2. The van der Waals surface area contributed by atoms with Crippen molar-refractivity contribution in [3.05, 3.63) is 60.1 Å². The summed E-state index contributed by atoms with van der Waals surface area (Å²) in [6.45, 7) is 2.81. The number of hydrogen-bond donors (Lipinski definition) is 2. The van der Waals surface area contributed by atoms with E-state index in [0.29, 0.717) is 12.6 Å². The van der Waals surface area contributed by atoms with Gasteiger partial charge >= 0.3 is 0 Å². The molecule has 0 aliphatic carbocycles. The summed E-state index contributed by atoms with van der Waals surface area (Å²) in [5.74, 6) is 1.70. The molecule has 0 fully saturated rings. The molecular weight excluding hydrogens is 262 g/mol. The second-order valence-electron chi connectivity index (χ2n) is 5.07. The van der Waals surface area contributed by atoms with Crippen molar-refractivity contribution in [2.24, 2.45) is 4.99 Å². The third-order valence-corrected chi connectivity index (χ3v) is 3.33. The van der Waals surface area contributed by atoms with Gasteiger partial charge in [-0.25, -0.2) is 0 Å². The number of aliphatic imine (C=N–C) groups is 1. The molecule has 21 heavy (non-hydrogen) atoms. The average Bonchev–Trinajstić information content (AvgIpc) is 3.04.